The Labute approximate surface area is 111 Å². The molecule has 2 N–H and O–H groups in total. The number of rotatable bonds is 2. The number of aromatic nitrogens is 3. The topological polar surface area (TPSA) is 75.2 Å². The Morgan fingerprint density at radius 2 is 2.05 bits per heavy atom. The van der Waals surface area contributed by atoms with Crippen LogP contribution in [0.15, 0.2) is 18.2 Å². The Kier molecular flexibility index (Phi) is 3.08. The molecular formula is C13H16N4O2. The molecule has 2 aromatic rings. The second kappa shape index (κ2) is 4.89. The predicted octanol–water partition coefficient (Wildman–Crippen LogP) is 1.10. The fraction of sp³-hybridized carbons (Fsp3) is 0.385. The molecule has 1 aliphatic heterocycles. The van der Waals surface area contributed by atoms with Gasteiger partial charge in [-0.1, -0.05) is 0 Å². The van der Waals surface area contributed by atoms with E-state index < -0.39 is 0 Å². The van der Waals surface area contributed by atoms with E-state index in [0.717, 1.165) is 29.3 Å². The molecule has 0 atom stereocenters. The van der Waals surface area contributed by atoms with Crippen molar-refractivity contribution in [3.05, 3.63) is 24.0 Å². The van der Waals surface area contributed by atoms with Crippen LogP contribution in [0.25, 0.3) is 11.4 Å². The van der Waals surface area contributed by atoms with Crippen LogP contribution in [0.5, 0.6) is 11.5 Å². The van der Waals surface area contributed by atoms with Crippen molar-refractivity contribution in [3.63, 3.8) is 0 Å². The first kappa shape index (κ1) is 12.0. The molecule has 0 fully saturated rings. The Morgan fingerprint density at radius 3 is 2.79 bits per heavy atom. The third-order valence-corrected chi connectivity index (χ3v) is 3.00. The standard InChI is InChI=1S/C13H16N4O2/c1-17-13(15-12(8-14)16-17)9-3-4-10-11(7-9)19-6-2-5-18-10/h3-4,7H,2,5-6,8,14H2,1H3. The zero-order valence-corrected chi connectivity index (χ0v) is 10.8. The van der Waals surface area contributed by atoms with Crippen LogP contribution in [0.1, 0.15) is 12.2 Å². The minimum Gasteiger partial charge on any atom is -0.490 e. The smallest absolute Gasteiger partial charge is 0.164 e. The van der Waals surface area contributed by atoms with Crippen LogP contribution in [-0.4, -0.2) is 28.0 Å². The third kappa shape index (κ3) is 2.26. The first-order chi connectivity index (χ1) is 9.28. The fourth-order valence-electron chi connectivity index (χ4n) is 2.08. The fourth-order valence-corrected chi connectivity index (χ4v) is 2.08. The monoisotopic (exact) mass is 260 g/mol. The van der Waals surface area contributed by atoms with Gasteiger partial charge in [-0.2, -0.15) is 5.10 Å². The summed E-state index contributed by atoms with van der Waals surface area (Å²) in [5.41, 5.74) is 6.50. The molecular weight excluding hydrogens is 244 g/mol. The van der Waals surface area contributed by atoms with Crippen LogP contribution < -0.4 is 15.2 Å². The first-order valence-corrected chi connectivity index (χ1v) is 6.28. The van der Waals surface area contributed by atoms with Crippen molar-refractivity contribution in [2.45, 2.75) is 13.0 Å². The molecule has 0 unspecified atom stereocenters. The minimum atomic E-state index is 0.332. The molecule has 6 heteroatoms. The molecule has 1 aromatic heterocycles. The molecule has 0 amide bonds. The molecule has 0 spiro atoms. The molecule has 2 heterocycles. The van der Waals surface area contributed by atoms with Gasteiger partial charge in [0.1, 0.15) is 0 Å². The summed E-state index contributed by atoms with van der Waals surface area (Å²) in [7, 11) is 1.85. The number of benzene rings is 1. The van der Waals surface area contributed by atoms with E-state index in [1.165, 1.54) is 0 Å². The van der Waals surface area contributed by atoms with Crippen LogP contribution in [-0.2, 0) is 13.6 Å². The summed E-state index contributed by atoms with van der Waals surface area (Å²) < 4.78 is 13.0. The Balaban J connectivity index is 2.01. The summed E-state index contributed by atoms with van der Waals surface area (Å²) in [5.74, 6) is 2.94. The molecule has 0 bridgehead atoms. The van der Waals surface area contributed by atoms with Crippen molar-refractivity contribution in [1.29, 1.82) is 0 Å². The summed E-state index contributed by atoms with van der Waals surface area (Å²) in [4.78, 5) is 4.40. The van der Waals surface area contributed by atoms with E-state index in [1.54, 1.807) is 4.68 Å². The van der Waals surface area contributed by atoms with Crippen molar-refractivity contribution < 1.29 is 9.47 Å². The SMILES string of the molecule is Cn1nc(CN)nc1-c1ccc2c(c1)OCCCO2. The third-order valence-electron chi connectivity index (χ3n) is 3.00. The highest BCUT2D eigenvalue weighted by Gasteiger charge is 2.14. The maximum absolute atomic E-state index is 5.68. The quantitative estimate of drug-likeness (QED) is 0.875. The highest BCUT2D eigenvalue weighted by atomic mass is 16.5. The summed E-state index contributed by atoms with van der Waals surface area (Å²) in [6.45, 7) is 1.69. The van der Waals surface area contributed by atoms with Crippen LogP contribution in [0, 0.1) is 0 Å². The molecule has 6 nitrogen and oxygen atoms in total. The zero-order chi connectivity index (χ0) is 13.2. The number of hydrogen-bond acceptors (Lipinski definition) is 5. The molecule has 0 saturated carbocycles. The summed E-state index contributed by atoms with van der Waals surface area (Å²) in [6.07, 6.45) is 0.894. The zero-order valence-electron chi connectivity index (χ0n) is 10.8. The lowest BCUT2D eigenvalue weighted by Gasteiger charge is -2.08. The van der Waals surface area contributed by atoms with Gasteiger partial charge in [0.2, 0.25) is 0 Å². The van der Waals surface area contributed by atoms with Crippen LogP contribution in [0.2, 0.25) is 0 Å². The van der Waals surface area contributed by atoms with Crippen molar-refractivity contribution >= 4 is 0 Å². The van der Waals surface area contributed by atoms with Gasteiger partial charge in [0.15, 0.2) is 23.1 Å². The molecule has 3 rings (SSSR count). The maximum Gasteiger partial charge on any atom is 0.164 e. The lowest BCUT2D eigenvalue weighted by molar-refractivity contribution is 0.297. The van der Waals surface area contributed by atoms with Gasteiger partial charge in [-0.3, -0.25) is 0 Å². The average Bonchev–Trinajstić information content (AvgIpc) is 2.66. The van der Waals surface area contributed by atoms with E-state index in [2.05, 4.69) is 10.1 Å². The Hall–Kier alpha value is -2.08. The van der Waals surface area contributed by atoms with Crippen molar-refractivity contribution in [2.75, 3.05) is 13.2 Å². The van der Waals surface area contributed by atoms with Gasteiger partial charge in [-0.15, -0.1) is 0 Å². The van der Waals surface area contributed by atoms with E-state index in [4.69, 9.17) is 15.2 Å². The average molecular weight is 260 g/mol. The number of hydrogen-bond donors (Lipinski definition) is 1. The number of nitrogens with two attached hydrogens (primary N) is 1. The van der Waals surface area contributed by atoms with Gasteiger partial charge < -0.3 is 15.2 Å². The predicted molar refractivity (Wildman–Crippen MR) is 69.9 cm³/mol. The highest BCUT2D eigenvalue weighted by molar-refractivity contribution is 5.61. The van der Waals surface area contributed by atoms with Gasteiger partial charge in [0, 0.05) is 19.0 Å². The number of nitrogens with zero attached hydrogens (tertiary/aromatic N) is 3. The van der Waals surface area contributed by atoms with Gasteiger partial charge >= 0.3 is 0 Å². The van der Waals surface area contributed by atoms with Crippen molar-refractivity contribution in [3.8, 4) is 22.9 Å². The van der Waals surface area contributed by atoms with Gasteiger partial charge in [0.05, 0.1) is 19.8 Å². The van der Waals surface area contributed by atoms with Gasteiger partial charge in [-0.05, 0) is 18.2 Å². The molecule has 19 heavy (non-hydrogen) atoms. The maximum atomic E-state index is 5.68. The summed E-state index contributed by atoms with van der Waals surface area (Å²) in [5, 5.41) is 4.24. The van der Waals surface area contributed by atoms with E-state index in [9.17, 15) is 0 Å². The lowest BCUT2D eigenvalue weighted by atomic mass is 10.2. The van der Waals surface area contributed by atoms with Crippen molar-refractivity contribution in [1.82, 2.24) is 14.8 Å². The van der Waals surface area contributed by atoms with E-state index >= 15 is 0 Å². The second-order valence-electron chi connectivity index (χ2n) is 4.39. The van der Waals surface area contributed by atoms with Gasteiger partial charge in [0.25, 0.3) is 0 Å². The van der Waals surface area contributed by atoms with Crippen molar-refractivity contribution in [2.24, 2.45) is 12.8 Å². The van der Waals surface area contributed by atoms with E-state index in [-0.39, 0.29) is 0 Å². The summed E-state index contributed by atoms with van der Waals surface area (Å²) >= 11 is 0. The molecule has 1 aromatic carbocycles. The minimum absolute atomic E-state index is 0.332. The molecule has 100 valence electrons. The normalized spacial score (nSPS) is 14.2. The second-order valence-corrected chi connectivity index (χ2v) is 4.39. The molecule has 0 radical (unpaired) electrons. The Bertz CT molecular complexity index is 594. The van der Waals surface area contributed by atoms with E-state index in [1.807, 2.05) is 25.2 Å². The molecule has 1 aliphatic rings. The number of aryl methyl sites for hydroxylation is 1. The van der Waals surface area contributed by atoms with Gasteiger partial charge in [-0.25, -0.2) is 9.67 Å². The lowest BCUT2D eigenvalue weighted by Crippen LogP contribution is -1.99. The number of ether oxygens (including phenoxy) is 2. The molecule has 0 aliphatic carbocycles. The Morgan fingerprint density at radius 1 is 1.26 bits per heavy atom. The van der Waals surface area contributed by atoms with Crippen LogP contribution in [0.4, 0.5) is 0 Å². The molecule has 0 saturated heterocycles. The van der Waals surface area contributed by atoms with Crippen LogP contribution in [0.3, 0.4) is 0 Å². The first-order valence-electron chi connectivity index (χ1n) is 6.28. The highest BCUT2D eigenvalue weighted by Crippen LogP contribution is 2.33. The summed E-state index contributed by atoms with van der Waals surface area (Å²) in [6, 6.07) is 5.80. The van der Waals surface area contributed by atoms with E-state index in [0.29, 0.717) is 25.6 Å². The van der Waals surface area contributed by atoms with Crippen LogP contribution >= 0.6 is 0 Å². The number of fused-ring (bicyclic) bond motifs is 1. The largest absolute Gasteiger partial charge is 0.490 e.